The lowest BCUT2D eigenvalue weighted by Gasteiger charge is -2.31. The Labute approximate surface area is 210 Å². The average Bonchev–Trinajstić information content (AvgIpc) is 3.59. The highest BCUT2D eigenvalue weighted by Gasteiger charge is 2.43. The van der Waals surface area contributed by atoms with Crippen LogP contribution in [0.2, 0.25) is 0 Å². The number of rotatable bonds is 6. The normalized spacial score (nSPS) is 20.9. The van der Waals surface area contributed by atoms with Crippen molar-refractivity contribution in [2.24, 2.45) is 5.92 Å². The maximum absolute atomic E-state index is 13.7. The molecule has 0 N–H and O–H groups in total. The largest absolute Gasteiger partial charge is 0.493 e. The molecule has 0 aliphatic carbocycles. The topological polar surface area (TPSA) is 86.8 Å². The van der Waals surface area contributed by atoms with Gasteiger partial charge in [-0.15, -0.1) is 0 Å². The number of methoxy groups -OCH3 is 3. The number of nitrogens with zero attached hydrogens (tertiary/aromatic N) is 2. The minimum Gasteiger partial charge on any atom is -0.493 e. The molecule has 0 spiro atoms. The fourth-order valence-corrected chi connectivity index (χ4v) is 5.43. The van der Waals surface area contributed by atoms with Crippen LogP contribution in [0.25, 0.3) is 0 Å². The van der Waals surface area contributed by atoms with Gasteiger partial charge in [-0.1, -0.05) is 0 Å². The van der Waals surface area contributed by atoms with Crippen LogP contribution in [0.5, 0.6) is 28.7 Å². The summed E-state index contributed by atoms with van der Waals surface area (Å²) in [6, 6.07) is 8.97. The number of hydrogen-bond acceptors (Lipinski definition) is 7. The Morgan fingerprint density at radius 3 is 2.19 bits per heavy atom. The second-order valence-corrected chi connectivity index (χ2v) is 9.34. The van der Waals surface area contributed by atoms with Crippen molar-refractivity contribution in [3.63, 3.8) is 0 Å². The predicted molar refractivity (Wildman–Crippen MR) is 131 cm³/mol. The summed E-state index contributed by atoms with van der Waals surface area (Å²) in [7, 11) is 4.70. The van der Waals surface area contributed by atoms with E-state index in [4.69, 9.17) is 23.7 Å². The van der Waals surface area contributed by atoms with Crippen molar-refractivity contribution in [3.05, 3.63) is 41.5 Å². The minimum absolute atomic E-state index is 0.0921. The molecule has 0 aromatic heterocycles. The van der Waals surface area contributed by atoms with Crippen molar-refractivity contribution in [3.8, 4) is 28.7 Å². The Balaban J connectivity index is 1.48. The van der Waals surface area contributed by atoms with E-state index in [1.807, 2.05) is 17.0 Å². The molecule has 0 saturated carbocycles. The van der Waals surface area contributed by atoms with E-state index in [0.29, 0.717) is 47.4 Å². The number of likely N-dealkylation sites (tertiary alicyclic amines) is 2. The third kappa shape index (κ3) is 4.38. The lowest BCUT2D eigenvalue weighted by molar-refractivity contribution is -0.136. The van der Waals surface area contributed by atoms with Gasteiger partial charge >= 0.3 is 0 Å². The van der Waals surface area contributed by atoms with Crippen molar-refractivity contribution in [1.82, 2.24) is 9.80 Å². The monoisotopic (exact) mass is 496 g/mol. The van der Waals surface area contributed by atoms with Crippen LogP contribution in [-0.2, 0) is 4.79 Å². The third-order valence-electron chi connectivity index (χ3n) is 7.33. The highest BCUT2D eigenvalue weighted by molar-refractivity contribution is 5.96. The van der Waals surface area contributed by atoms with Crippen molar-refractivity contribution < 1.29 is 33.3 Å². The fourth-order valence-electron chi connectivity index (χ4n) is 5.43. The van der Waals surface area contributed by atoms with Crippen molar-refractivity contribution >= 4 is 11.8 Å². The molecule has 2 atom stereocenters. The van der Waals surface area contributed by atoms with Crippen LogP contribution in [0, 0.1) is 5.92 Å². The van der Waals surface area contributed by atoms with Crippen LogP contribution in [0.1, 0.15) is 41.1 Å². The average molecular weight is 497 g/mol. The molecule has 2 aromatic carbocycles. The van der Waals surface area contributed by atoms with Crippen LogP contribution in [0.4, 0.5) is 0 Å². The van der Waals surface area contributed by atoms with Gasteiger partial charge in [-0.3, -0.25) is 9.59 Å². The minimum atomic E-state index is -0.371. The van der Waals surface area contributed by atoms with Crippen LogP contribution >= 0.6 is 0 Å². The van der Waals surface area contributed by atoms with Gasteiger partial charge in [0, 0.05) is 37.7 Å². The SMILES string of the molecule is COc1cc(C2CN(C(=O)c3ccc4c(c3)OCO4)CC2C(=O)N2CCCCC2)cc(OC)c1OC. The molecular formula is C27H32N2O7. The Hall–Kier alpha value is -3.62. The fraction of sp³-hybridized carbons (Fsp3) is 0.481. The molecular weight excluding hydrogens is 464 g/mol. The standard InChI is InChI=1S/C27H32N2O7/c1-32-23-12-18(13-24(33-2)25(23)34-3)19-14-29(15-20(19)27(31)28-9-5-4-6-10-28)26(30)17-7-8-21-22(11-17)36-16-35-21/h7-8,11-13,19-20H,4-6,9-10,14-16H2,1-3H3. The highest BCUT2D eigenvalue weighted by Crippen LogP contribution is 2.44. The van der Waals surface area contributed by atoms with Gasteiger partial charge in [0.2, 0.25) is 18.4 Å². The summed E-state index contributed by atoms with van der Waals surface area (Å²) in [4.78, 5) is 31.0. The van der Waals surface area contributed by atoms with Crippen LogP contribution in [-0.4, -0.2) is 75.9 Å². The second kappa shape index (κ2) is 10.2. The number of piperidine rings is 1. The molecule has 2 aromatic rings. The van der Waals surface area contributed by atoms with E-state index in [0.717, 1.165) is 37.9 Å². The molecule has 192 valence electrons. The number of hydrogen-bond donors (Lipinski definition) is 0. The summed E-state index contributed by atoms with van der Waals surface area (Å²) in [6.07, 6.45) is 3.15. The first kappa shape index (κ1) is 24.1. The lowest BCUT2D eigenvalue weighted by atomic mass is 9.87. The van der Waals surface area contributed by atoms with E-state index in [9.17, 15) is 9.59 Å². The maximum atomic E-state index is 13.7. The molecule has 3 heterocycles. The van der Waals surface area contributed by atoms with E-state index < -0.39 is 0 Å². The number of fused-ring (bicyclic) bond motifs is 1. The van der Waals surface area contributed by atoms with Gasteiger partial charge in [0.05, 0.1) is 27.2 Å². The van der Waals surface area contributed by atoms with Crippen LogP contribution in [0.3, 0.4) is 0 Å². The molecule has 3 aliphatic heterocycles. The van der Waals surface area contributed by atoms with E-state index in [1.54, 1.807) is 44.4 Å². The molecule has 2 amide bonds. The van der Waals surface area contributed by atoms with E-state index in [-0.39, 0.29) is 30.4 Å². The molecule has 9 heteroatoms. The van der Waals surface area contributed by atoms with Gasteiger partial charge < -0.3 is 33.5 Å². The Morgan fingerprint density at radius 2 is 1.53 bits per heavy atom. The number of amides is 2. The predicted octanol–water partition coefficient (Wildman–Crippen LogP) is 3.31. The van der Waals surface area contributed by atoms with E-state index >= 15 is 0 Å². The Morgan fingerprint density at radius 1 is 0.833 bits per heavy atom. The van der Waals surface area contributed by atoms with Gasteiger partial charge in [-0.2, -0.15) is 0 Å². The molecule has 0 bridgehead atoms. The Bertz CT molecular complexity index is 1120. The number of carbonyl (C=O) groups is 2. The summed E-state index contributed by atoms with van der Waals surface area (Å²) in [5.74, 6) is 2.09. The quantitative estimate of drug-likeness (QED) is 0.607. The third-order valence-corrected chi connectivity index (χ3v) is 7.33. The molecule has 0 radical (unpaired) electrons. The molecule has 5 rings (SSSR count). The highest BCUT2D eigenvalue weighted by atomic mass is 16.7. The van der Waals surface area contributed by atoms with Crippen molar-refractivity contribution in [2.45, 2.75) is 25.2 Å². The molecule has 3 aliphatic rings. The van der Waals surface area contributed by atoms with E-state index in [1.165, 1.54) is 0 Å². The van der Waals surface area contributed by atoms with Gasteiger partial charge in [-0.05, 0) is 55.2 Å². The van der Waals surface area contributed by atoms with Gasteiger partial charge in [-0.25, -0.2) is 0 Å². The summed E-state index contributed by atoms with van der Waals surface area (Å²) in [6.45, 7) is 2.40. The smallest absolute Gasteiger partial charge is 0.254 e. The first-order chi connectivity index (χ1) is 17.5. The summed E-state index contributed by atoms with van der Waals surface area (Å²) in [5, 5.41) is 0. The summed E-state index contributed by atoms with van der Waals surface area (Å²) < 4.78 is 27.5. The summed E-state index contributed by atoms with van der Waals surface area (Å²) >= 11 is 0. The first-order valence-electron chi connectivity index (χ1n) is 12.3. The molecule has 36 heavy (non-hydrogen) atoms. The number of ether oxygens (including phenoxy) is 5. The maximum Gasteiger partial charge on any atom is 0.254 e. The summed E-state index contributed by atoms with van der Waals surface area (Å²) in [5.41, 5.74) is 1.38. The first-order valence-corrected chi connectivity index (χ1v) is 12.3. The van der Waals surface area contributed by atoms with Crippen molar-refractivity contribution in [2.75, 3.05) is 54.3 Å². The van der Waals surface area contributed by atoms with E-state index in [2.05, 4.69) is 0 Å². The van der Waals surface area contributed by atoms with Gasteiger partial charge in [0.25, 0.3) is 5.91 Å². The zero-order chi connectivity index (χ0) is 25.2. The van der Waals surface area contributed by atoms with Crippen LogP contribution in [0.15, 0.2) is 30.3 Å². The molecule has 9 nitrogen and oxygen atoms in total. The Kier molecular flexibility index (Phi) is 6.80. The molecule has 2 fully saturated rings. The zero-order valence-corrected chi connectivity index (χ0v) is 21.0. The number of benzene rings is 2. The van der Waals surface area contributed by atoms with Gasteiger partial charge in [0.1, 0.15) is 0 Å². The molecule has 2 unspecified atom stereocenters. The van der Waals surface area contributed by atoms with Gasteiger partial charge in [0.15, 0.2) is 23.0 Å². The lowest BCUT2D eigenvalue weighted by Crippen LogP contribution is -2.42. The zero-order valence-electron chi connectivity index (χ0n) is 21.0. The number of carbonyl (C=O) groups excluding carboxylic acids is 2. The van der Waals surface area contributed by atoms with Crippen molar-refractivity contribution in [1.29, 1.82) is 0 Å². The second-order valence-electron chi connectivity index (χ2n) is 9.34. The molecule has 2 saturated heterocycles. The van der Waals surface area contributed by atoms with Crippen LogP contribution < -0.4 is 23.7 Å².